The molecule has 3 nitrogen and oxygen atoms in total. The van der Waals surface area contributed by atoms with Crippen molar-refractivity contribution in [1.29, 1.82) is 0 Å². The van der Waals surface area contributed by atoms with Gasteiger partial charge in [-0.3, -0.25) is 9.78 Å². The van der Waals surface area contributed by atoms with Gasteiger partial charge >= 0.3 is 6.36 Å². The van der Waals surface area contributed by atoms with Gasteiger partial charge in [0.05, 0.1) is 16.2 Å². The number of nitrogens with zero attached hydrogens (tertiary/aromatic N) is 1. The number of hydrogen-bond donors (Lipinski definition) is 0. The Balaban J connectivity index is 3.18. The van der Waals surface area contributed by atoms with E-state index in [0.29, 0.717) is 0 Å². The van der Waals surface area contributed by atoms with Crippen LogP contribution in [0.1, 0.15) is 10.4 Å². The third-order valence-electron chi connectivity index (χ3n) is 1.29. The molecular weight excluding hydrogens is 302 g/mol. The fraction of sp³-hybridized carbons (Fsp3) is 0.143. The molecule has 0 aliphatic rings. The predicted molar refractivity (Wildman–Crippen MR) is 48.8 cm³/mol. The second-order valence-electron chi connectivity index (χ2n) is 2.32. The van der Waals surface area contributed by atoms with E-state index in [1.165, 1.54) is 0 Å². The van der Waals surface area contributed by atoms with Gasteiger partial charge in [-0.15, -0.1) is 13.2 Å². The van der Waals surface area contributed by atoms with Crippen LogP contribution in [-0.4, -0.2) is 16.6 Å². The van der Waals surface area contributed by atoms with Crippen molar-refractivity contribution in [3.05, 3.63) is 22.4 Å². The third-order valence-corrected chi connectivity index (χ3v) is 2.08. The van der Waals surface area contributed by atoms with Gasteiger partial charge in [0.2, 0.25) is 0 Å². The molecule has 1 heterocycles. The van der Waals surface area contributed by atoms with Crippen LogP contribution in [0.4, 0.5) is 13.2 Å². The maximum Gasteiger partial charge on any atom is 0.573 e. The zero-order chi connectivity index (χ0) is 11.6. The average Bonchev–Trinajstić information content (AvgIpc) is 1.99. The van der Waals surface area contributed by atoms with Crippen LogP contribution < -0.4 is 4.74 Å². The number of carbonyl (C=O) groups is 1. The number of carbonyl (C=O) groups excluding carboxylic acids is 1. The maximum atomic E-state index is 11.9. The summed E-state index contributed by atoms with van der Waals surface area (Å²) in [6, 6.07) is 0. The number of pyridine rings is 1. The van der Waals surface area contributed by atoms with Crippen LogP contribution in [0.5, 0.6) is 5.75 Å². The largest absolute Gasteiger partial charge is 0.573 e. The molecule has 0 amide bonds. The van der Waals surface area contributed by atoms with Gasteiger partial charge in [-0.25, -0.2) is 0 Å². The summed E-state index contributed by atoms with van der Waals surface area (Å²) in [6.45, 7) is 0. The molecule has 0 aliphatic carbocycles. The molecule has 0 aliphatic heterocycles. The molecule has 8 heteroatoms. The number of rotatable bonds is 2. The van der Waals surface area contributed by atoms with E-state index in [-0.39, 0.29) is 4.47 Å². The molecule has 0 bridgehead atoms. The van der Waals surface area contributed by atoms with E-state index in [1.807, 2.05) is 0 Å². The minimum absolute atomic E-state index is 0.0317. The molecule has 0 spiro atoms. The van der Waals surface area contributed by atoms with Gasteiger partial charge in [0.15, 0.2) is 5.75 Å². The molecule has 1 rings (SSSR count). The first-order valence-electron chi connectivity index (χ1n) is 3.40. The molecule has 0 saturated heterocycles. The fourth-order valence-electron chi connectivity index (χ4n) is 0.810. The second kappa shape index (κ2) is 4.36. The second-order valence-corrected chi connectivity index (χ2v) is 3.51. The lowest BCUT2D eigenvalue weighted by Gasteiger charge is -2.11. The van der Waals surface area contributed by atoms with Crippen molar-refractivity contribution in [1.82, 2.24) is 4.98 Å². The van der Waals surface area contributed by atoms with Crippen LogP contribution in [-0.2, 0) is 0 Å². The number of ether oxygens (including phenoxy) is 1. The number of hydrogen-bond acceptors (Lipinski definition) is 3. The van der Waals surface area contributed by atoms with E-state index in [9.17, 15) is 18.0 Å². The van der Waals surface area contributed by atoms with Crippen molar-refractivity contribution in [3.8, 4) is 5.75 Å². The Hall–Kier alpha value is -0.820. The normalized spacial score (nSPS) is 11.3. The summed E-state index contributed by atoms with van der Waals surface area (Å²) < 4.78 is 39.3. The monoisotopic (exact) mass is 303 g/mol. The van der Waals surface area contributed by atoms with E-state index in [0.717, 1.165) is 12.4 Å². The predicted octanol–water partition coefficient (Wildman–Crippen LogP) is 3.12. The Labute approximate surface area is 95.3 Å². The van der Waals surface area contributed by atoms with Crippen LogP contribution in [0.25, 0.3) is 0 Å². The molecule has 0 atom stereocenters. The van der Waals surface area contributed by atoms with E-state index >= 15 is 0 Å². The minimum atomic E-state index is -4.90. The Morgan fingerprint density at radius 1 is 1.47 bits per heavy atom. The Morgan fingerprint density at radius 2 is 2.07 bits per heavy atom. The Kier molecular flexibility index (Phi) is 3.56. The molecule has 0 saturated carbocycles. The maximum absolute atomic E-state index is 11.9. The van der Waals surface area contributed by atoms with Crippen LogP contribution >= 0.6 is 27.5 Å². The highest BCUT2D eigenvalue weighted by molar-refractivity contribution is 9.10. The van der Waals surface area contributed by atoms with Crippen molar-refractivity contribution in [2.75, 3.05) is 0 Å². The molecule has 0 unspecified atom stereocenters. The molecule has 1 aromatic rings. The first-order chi connectivity index (χ1) is 6.81. The molecule has 15 heavy (non-hydrogen) atoms. The van der Waals surface area contributed by atoms with E-state index in [4.69, 9.17) is 11.6 Å². The number of halogens is 5. The molecule has 0 radical (unpaired) electrons. The molecule has 82 valence electrons. The summed E-state index contributed by atoms with van der Waals surface area (Å²) in [5, 5.41) is -1.07. The number of alkyl halides is 3. The zero-order valence-electron chi connectivity index (χ0n) is 6.81. The van der Waals surface area contributed by atoms with Gasteiger partial charge < -0.3 is 4.74 Å². The smallest absolute Gasteiger partial charge is 0.403 e. The lowest BCUT2D eigenvalue weighted by molar-refractivity contribution is -0.274. The third kappa shape index (κ3) is 3.35. The van der Waals surface area contributed by atoms with Gasteiger partial charge in [0, 0.05) is 6.20 Å². The van der Waals surface area contributed by atoms with E-state index in [1.54, 1.807) is 0 Å². The Morgan fingerprint density at radius 3 is 2.53 bits per heavy atom. The quantitative estimate of drug-likeness (QED) is 0.788. The Bertz CT molecular complexity index is 396. The molecule has 1 aromatic heterocycles. The molecule has 0 aromatic carbocycles. The first kappa shape index (κ1) is 12.3. The van der Waals surface area contributed by atoms with Crippen LogP contribution in [0, 0.1) is 0 Å². The average molecular weight is 304 g/mol. The highest BCUT2D eigenvalue weighted by Gasteiger charge is 2.33. The minimum Gasteiger partial charge on any atom is -0.403 e. The van der Waals surface area contributed by atoms with Crippen LogP contribution in [0.15, 0.2) is 16.9 Å². The van der Waals surface area contributed by atoms with E-state index in [2.05, 4.69) is 25.7 Å². The van der Waals surface area contributed by atoms with Gasteiger partial charge in [0.1, 0.15) is 0 Å². The van der Waals surface area contributed by atoms with Gasteiger partial charge in [-0.2, -0.15) is 0 Å². The van der Waals surface area contributed by atoms with Gasteiger partial charge in [-0.05, 0) is 27.5 Å². The SMILES string of the molecule is O=C(Cl)c1c(Br)cncc1OC(F)(F)F. The highest BCUT2D eigenvalue weighted by Crippen LogP contribution is 2.31. The summed E-state index contributed by atoms with van der Waals surface area (Å²) in [7, 11) is 0. The summed E-state index contributed by atoms with van der Waals surface area (Å²) in [5.41, 5.74) is -0.413. The fourth-order valence-corrected chi connectivity index (χ4v) is 1.61. The van der Waals surface area contributed by atoms with Crippen molar-refractivity contribution >= 4 is 32.8 Å². The van der Waals surface area contributed by atoms with Crippen LogP contribution in [0.2, 0.25) is 0 Å². The van der Waals surface area contributed by atoms with Crippen molar-refractivity contribution in [2.45, 2.75) is 6.36 Å². The van der Waals surface area contributed by atoms with Crippen molar-refractivity contribution in [2.24, 2.45) is 0 Å². The first-order valence-corrected chi connectivity index (χ1v) is 4.57. The van der Waals surface area contributed by atoms with Gasteiger partial charge in [-0.1, -0.05) is 0 Å². The van der Waals surface area contributed by atoms with Crippen LogP contribution in [0.3, 0.4) is 0 Å². The topological polar surface area (TPSA) is 39.2 Å². The lowest BCUT2D eigenvalue weighted by atomic mass is 10.3. The summed E-state index contributed by atoms with van der Waals surface area (Å²) in [5.74, 6) is -0.739. The summed E-state index contributed by atoms with van der Waals surface area (Å²) in [4.78, 5) is 14.3. The van der Waals surface area contributed by atoms with Crippen molar-refractivity contribution < 1.29 is 22.7 Å². The zero-order valence-corrected chi connectivity index (χ0v) is 9.15. The molecular formula is C7H2BrClF3NO2. The number of aromatic nitrogens is 1. The van der Waals surface area contributed by atoms with Gasteiger partial charge in [0.25, 0.3) is 5.24 Å². The summed E-state index contributed by atoms with van der Waals surface area (Å²) >= 11 is 7.94. The standard InChI is InChI=1S/C7H2BrClF3NO2/c8-3-1-13-2-4(5(3)6(9)14)15-7(10,11)12/h1-2H. The molecule has 0 fully saturated rings. The van der Waals surface area contributed by atoms with E-state index < -0.39 is 22.9 Å². The van der Waals surface area contributed by atoms with Crippen molar-refractivity contribution in [3.63, 3.8) is 0 Å². The highest BCUT2D eigenvalue weighted by atomic mass is 79.9. The lowest BCUT2D eigenvalue weighted by Crippen LogP contribution is -2.18. The molecule has 0 N–H and O–H groups in total. The summed E-state index contributed by atoms with van der Waals surface area (Å²) in [6.07, 6.45) is -3.00.